The van der Waals surface area contributed by atoms with Gasteiger partial charge in [-0.15, -0.1) is 0 Å². The summed E-state index contributed by atoms with van der Waals surface area (Å²) in [5, 5.41) is 4.83. The number of pyridine rings is 1. The van der Waals surface area contributed by atoms with E-state index in [9.17, 15) is 9.59 Å². The highest BCUT2D eigenvalue weighted by molar-refractivity contribution is 9.10. The molecule has 20 heavy (non-hydrogen) atoms. The molecule has 1 heterocycles. The molecule has 0 aliphatic heterocycles. The summed E-state index contributed by atoms with van der Waals surface area (Å²) in [5.41, 5.74) is 5.45. The number of alkyl carbamates (subject to hydrolysis) is 1. The normalized spacial score (nSPS) is 10.8. The van der Waals surface area contributed by atoms with Crippen LogP contribution in [0, 0.1) is 0 Å². The van der Waals surface area contributed by atoms with E-state index in [1.807, 2.05) is 0 Å². The van der Waals surface area contributed by atoms with Gasteiger partial charge in [-0.2, -0.15) is 0 Å². The average molecular weight is 345 g/mol. The van der Waals surface area contributed by atoms with Crippen molar-refractivity contribution in [3.63, 3.8) is 0 Å². The molecule has 4 N–H and O–H groups in total. The van der Waals surface area contributed by atoms with Gasteiger partial charge in [0.05, 0.1) is 12.2 Å². The second kappa shape index (κ2) is 6.56. The zero-order chi connectivity index (χ0) is 15.3. The maximum atomic E-state index is 11.5. The summed E-state index contributed by atoms with van der Waals surface area (Å²) in [6, 6.07) is 1.65. The highest BCUT2D eigenvalue weighted by Crippen LogP contribution is 2.19. The van der Waals surface area contributed by atoms with E-state index >= 15 is 0 Å². The molecule has 8 heteroatoms. The van der Waals surface area contributed by atoms with Gasteiger partial charge in [0.15, 0.2) is 0 Å². The largest absolute Gasteiger partial charge is 0.444 e. The minimum Gasteiger partial charge on any atom is -0.444 e. The van der Waals surface area contributed by atoms with Crippen LogP contribution < -0.4 is 16.4 Å². The predicted molar refractivity (Wildman–Crippen MR) is 79.2 cm³/mol. The van der Waals surface area contributed by atoms with Crippen molar-refractivity contribution in [1.82, 2.24) is 10.3 Å². The second-order valence-corrected chi connectivity index (χ2v) is 5.91. The van der Waals surface area contributed by atoms with E-state index in [4.69, 9.17) is 10.5 Å². The third-order valence-corrected chi connectivity index (χ3v) is 2.37. The van der Waals surface area contributed by atoms with E-state index in [1.54, 1.807) is 33.0 Å². The number of aromatic nitrogens is 1. The molecule has 1 aromatic rings. The molecule has 0 aliphatic rings. The van der Waals surface area contributed by atoms with Crippen molar-refractivity contribution in [3.8, 4) is 0 Å². The fourth-order valence-electron chi connectivity index (χ4n) is 1.23. The Morgan fingerprint density at radius 2 is 2.10 bits per heavy atom. The smallest absolute Gasteiger partial charge is 0.414 e. The lowest BCUT2D eigenvalue weighted by molar-refractivity contribution is -0.119. The molecule has 0 saturated carbocycles. The first kappa shape index (κ1) is 16.2. The van der Waals surface area contributed by atoms with Gasteiger partial charge in [-0.1, -0.05) is 0 Å². The molecule has 0 saturated heterocycles. The Balaban J connectivity index is 2.46. The number of rotatable bonds is 3. The first-order chi connectivity index (χ1) is 9.17. The van der Waals surface area contributed by atoms with Gasteiger partial charge in [0.2, 0.25) is 5.91 Å². The number of imide groups is 1. The number of halogens is 1. The lowest BCUT2D eigenvalue weighted by Gasteiger charge is -2.19. The fourth-order valence-corrected chi connectivity index (χ4v) is 1.58. The summed E-state index contributed by atoms with van der Waals surface area (Å²) < 4.78 is 5.69. The molecular weight excluding hydrogens is 328 g/mol. The van der Waals surface area contributed by atoms with E-state index < -0.39 is 17.6 Å². The molecule has 1 rings (SSSR count). The van der Waals surface area contributed by atoms with Crippen molar-refractivity contribution in [1.29, 1.82) is 0 Å². The Hall–Kier alpha value is -1.83. The SMILES string of the molecule is CC(C)(C)OC(=O)NC(=O)CNc1ncc(Br)cc1N. The molecule has 110 valence electrons. The van der Waals surface area contributed by atoms with Crippen molar-refractivity contribution in [3.05, 3.63) is 16.7 Å². The summed E-state index contributed by atoms with van der Waals surface area (Å²) in [7, 11) is 0. The van der Waals surface area contributed by atoms with Crippen LogP contribution >= 0.6 is 15.9 Å². The van der Waals surface area contributed by atoms with E-state index in [1.165, 1.54) is 0 Å². The van der Waals surface area contributed by atoms with Gasteiger partial charge in [0.25, 0.3) is 0 Å². The van der Waals surface area contributed by atoms with Gasteiger partial charge in [-0.25, -0.2) is 9.78 Å². The molecule has 7 nitrogen and oxygen atoms in total. The van der Waals surface area contributed by atoms with Crippen LogP contribution in [0.15, 0.2) is 16.7 Å². The van der Waals surface area contributed by atoms with Crippen molar-refractivity contribution in [2.24, 2.45) is 0 Å². The Bertz CT molecular complexity index is 514. The third kappa shape index (κ3) is 5.87. The Morgan fingerprint density at radius 1 is 1.45 bits per heavy atom. The van der Waals surface area contributed by atoms with Crippen molar-refractivity contribution >= 4 is 39.4 Å². The number of carbonyl (C=O) groups excluding carboxylic acids is 2. The number of ether oxygens (including phenoxy) is 1. The highest BCUT2D eigenvalue weighted by Gasteiger charge is 2.18. The molecule has 0 radical (unpaired) electrons. The number of carbonyl (C=O) groups is 2. The van der Waals surface area contributed by atoms with Crippen LogP contribution in [0.1, 0.15) is 20.8 Å². The maximum Gasteiger partial charge on any atom is 0.414 e. The van der Waals surface area contributed by atoms with Crippen LogP contribution in [0.2, 0.25) is 0 Å². The number of hydrogen-bond acceptors (Lipinski definition) is 6. The van der Waals surface area contributed by atoms with E-state index in [2.05, 4.69) is 31.5 Å². The number of nitrogens with two attached hydrogens (primary N) is 1. The lowest BCUT2D eigenvalue weighted by atomic mass is 10.2. The van der Waals surface area contributed by atoms with Crippen LogP contribution in [0.25, 0.3) is 0 Å². The number of hydrogen-bond donors (Lipinski definition) is 3. The highest BCUT2D eigenvalue weighted by atomic mass is 79.9. The number of amides is 2. The zero-order valence-electron chi connectivity index (χ0n) is 11.5. The van der Waals surface area contributed by atoms with E-state index in [0.717, 1.165) is 4.47 Å². The molecule has 0 bridgehead atoms. The monoisotopic (exact) mass is 344 g/mol. The minimum atomic E-state index is -0.791. The number of anilines is 2. The Kier molecular flexibility index (Phi) is 5.32. The number of nitrogens with zero attached hydrogens (tertiary/aromatic N) is 1. The molecular formula is C12H17BrN4O3. The standard InChI is InChI=1S/C12H17BrN4O3/c1-12(2,3)20-11(19)17-9(18)6-16-10-8(14)4-7(13)5-15-10/h4-5H,6,14H2,1-3H3,(H,15,16)(H,17,18,19). The first-order valence-electron chi connectivity index (χ1n) is 5.85. The van der Waals surface area contributed by atoms with Crippen molar-refractivity contribution in [2.75, 3.05) is 17.6 Å². The summed E-state index contributed by atoms with van der Waals surface area (Å²) >= 11 is 3.23. The molecule has 0 atom stereocenters. The van der Waals surface area contributed by atoms with E-state index in [0.29, 0.717) is 11.5 Å². The molecule has 0 spiro atoms. The maximum absolute atomic E-state index is 11.5. The summed E-state index contributed by atoms with van der Waals surface area (Å²) in [6.07, 6.45) is 0.755. The molecule has 0 aromatic carbocycles. The van der Waals surface area contributed by atoms with Crippen LogP contribution in [-0.4, -0.2) is 29.1 Å². The quantitative estimate of drug-likeness (QED) is 0.772. The molecule has 2 amide bonds. The summed E-state index contributed by atoms with van der Waals surface area (Å²) in [5.74, 6) is -0.170. The number of nitrogens with one attached hydrogen (secondary N) is 2. The average Bonchev–Trinajstić information content (AvgIpc) is 2.24. The van der Waals surface area contributed by atoms with Gasteiger partial charge < -0.3 is 15.8 Å². The van der Waals surface area contributed by atoms with Crippen LogP contribution in [0.5, 0.6) is 0 Å². The van der Waals surface area contributed by atoms with Gasteiger partial charge in [0, 0.05) is 10.7 Å². The molecule has 1 aromatic heterocycles. The van der Waals surface area contributed by atoms with E-state index in [-0.39, 0.29) is 6.54 Å². The van der Waals surface area contributed by atoms with Gasteiger partial charge in [-0.05, 0) is 42.8 Å². The fraction of sp³-hybridized carbons (Fsp3) is 0.417. The second-order valence-electron chi connectivity index (χ2n) is 4.99. The molecule has 0 unspecified atom stereocenters. The van der Waals surface area contributed by atoms with Crippen LogP contribution in [0.3, 0.4) is 0 Å². The predicted octanol–water partition coefficient (Wildman–Crippen LogP) is 1.89. The first-order valence-corrected chi connectivity index (χ1v) is 6.64. The van der Waals surface area contributed by atoms with Gasteiger partial charge >= 0.3 is 6.09 Å². The van der Waals surface area contributed by atoms with Crippen molar-refractivity contribution in [2.45, 2.75) is 26.4 Å². The molecule has 0 fully saturated rings. The van der Waals surface area contributed by atoms with Crippen molar-refractivity contribution < 1.29 is 14.3 Å². The Labute approximate surface area is 125 Å². The topological polar surface area (TPSA) is 106 Å². The third-order valence-electron chi connectivity index (χ3n) is 1.94. The minimum absolute atomic E-state index is 0.141. The molecule has 0 aliphatic carbocycles. The zero-order valence-corrected chi connectivity index (χ0v) is 13.1. The number of nitrogen functional groups attached to an aromatic ring is 1. The summed E-state index contributed by atoms with van der Waals surface area (Å²) in [4.78, 5) is 26.9. The Morgan fingerprint density at radius 3 is 2.65 bits per heavy atom. The van der Waals surface area contributed by atoms with Crippen LogP contribution in [0.4, 0.5) is 16.3 Å². The van der Waals surface area contributed by atoms with Gasteiger partial charge in [-0.3, -0.25) is 10.1 Å². The van der Waals surface area contributed by atoms with Gasteiger partial charge in [0.1, 0.15) is 11.4 Å². The van der Waals surface area contributed by atoms with Crippen LogP contribution in [-0.2, 0) is 9.53 Å². The summed E-state index contributed by atoms with van der Waals surface area (Å²) in [6.45, 7) is 4.99. The lowest BCUT2D eigenvalue weighted by Crippen LogP contribution is -2.39.